The van der Waals surface area contributed by atoms with E-state index in [1.54, 1.807) is 48.5 Å². The molecule has 0 aliphatic carbocycles. The average molecular weight is 335 g/mol. The first-order valence-corrected chi connectivity index (χ1v) is 7.11. The molecule has 0 unspecified atom stereocenters. The molecule has 6 nitrogen and oxygen atoms in total. The van der Waals surface area contributed by atoms with Crippen molar-refractivity contribution in [3.63, 3.8) is 0 Å². The van der Waals surface area contributed by atoms with E-state index in [-0.39, 0.29) is 19.1 Å². The van der Waals surface area contributed by atoms with E-state index >= 15 is 0 Å². The molecule has 2 amide bonds. The van der Waals surface area contributed by atoms with Crippen molar-refractivity contribution in [2.75, 3.05) is 18.5 Å². The summed E-state index contributed by atoms with van der Waals surface area (Å²) in [6.45, 7) is -0.360. The fourth-order valence-electron chi connectivity index (χ4n) is 1.69. The lowest BCUT2D eigenvalue weighted by atomic mass is 10.3. The lowest BCUT2D eigenvalue weighted by Crippen LogP contribution is -2.20. The van der Waals surface area contributed by atoms with E-state index in [1.807, 2.05) is 0 Å². The van der Waals surface area contributed by atoms with Crippen molar-refractivity contribution in [3.8, 4) is 11.5 Å². The molecule has 0 saturated carbocycles. The molecular weight excluding hydrogens is 320 g/mol. The third-order valence-corrected chi connectivity index (χ3v) is 3.03. The Hall–Kier alpha value is -2.73. The van der Waals surface area contributed by atoms with Crippen molar-refractivity contribution < 1.29 is 19.1 Å². The van der Waals surface area contributed by atoms with Gasteiger partial charge in [-0.05, 0) is 36.4 Å². The van der Waals surface area contributed by atoms with E-state index < -0.39 is 5.91 Å². The molecule has 2 aromatic carbocycles. The molecule has 0 spiro atoms. The van der Waals surface area contributed by atoms with Crippen LogP contribution in [0.3, 0.4) is 0 Å². The molecule has 0 aliphatic heterocycles. The Morgan fingerprint density at radius 3 is 2.35 bits per heavy atom. The lowest BCUT2D eigenvalue weighted by Gasteiger charge is -2.09. The Bertz CT molecular complexity index is 689. The van der Waals surface area contributed by atoms with Crippen LogP contribution < -0.4 is 20.5 Å². The van der Waals surface area contributed by atoms with Gasteiger partial charge in [0.15, 0.2) is 13.2 Å². The highest BCUT2D eigenvalue weighted by Crippen LogP contribution is 2.23. The number of primary amides is 1. The van der Waals surface area contributed by atoms with Crippen LogP contribution in [0, 0.1) is 0 Å². The van der Waals surface area contributed by atoms with Gasteiger partial charge >= 0.3 is 0 Å². The van der Waals surface area contributed by atoms with Gasteiger partial charge in [-0.15, -0.1) is 0 Å². The van der Waals surface area contributed by atoms with Gasteiger partial charge in [0.1, 0.15) is 11.5 Å². The maximum absolute atomic E-state index is 11.8. The van der Waals surface area contributed by atoms with Gasteiger partial charge in [-0.2, -0.15) is 0 Å². The largest absolute Gasteiger partial charge is 0.484 e. The van der Waals surface area contributed by atoms with Gasteiger partial charge in [-0.25, -0.2) is 0 Å². The van der Waals surface area contributed by atoms with Gasteiger partial charge < -0.3 is 20.5 Å². The number of carbonyl (C=O) groups is 2. The molecule has 120 valence electrons. The van der Waals surface area contributed by atoms with Crippen molar-refractivity contribution in [3.05, 3.63) is 53.6 Å². The lowest BCUT2D eigenvalue weighted by molar-refractivity contribution is -0.120. The van der Waals surface area contributed by atoms with Crippen molar-refractivity contribution in [2.45, 2.75) is 0 Å². The number of nitrogens with two attached hydrogens (primary N) is 1. The van der Waals surface area contributed by atoms with Crippen LogP contribution in [0.1, 0.15) is 0 Å². The molecule has 0 aromatic heterocycles. The number of hydrogen-bond donors (Lipinski definition) is 2. The fourth-order valence-corrected chi connectivity index (χ4v) is 1.88. The second-order valence-corrected chi connectivity index (χ2v) is 4.95. The number of amides is 2. The molecule has 0 aliphatic rings. The van der Waals surface area contributed by atoms with Gasteiger partial charge in [0, 0.05) is 5.69 Å². The molecular formula is C16H15ClN2O4. The quantitative estimate of drug-likeness (QED) is 0.812. The average Bonchev–Trinajstić information content (AvgIpc) is 2.53. The van der Waals surface area contributed by atoms with Crippen LogP contribution in [0.25, 0.3) is 0 Å². The van der Waals surface area contributed by atoms with Crippen molar-refractivity contribution in [2.24, 2.45) is 5.73 Å². The highest BCUT2D eigenvalue weighted by Gasteiger charge is 2.06. The first-order chi connectivity index (χ1) is 11.0. The van der Waals surface area contributed by atoms with E-state index in [0.29, 0.717) is 22.2 Å². The zero-order valence-electron chi connectivity index (χ0n) is 12.1. The summed E-state index contributed by atoms with van der Waals surface area (Å²) in [5, 5.41) is 3.11. The van der Waals surface area contributed by atoms with Crippen LogP contribution >= 0.6 is 11.6 Å². The zero-order chi connectivity index (χ0) is 16.7. The Morgan fingerprint density at radius 2 is 1.70 bits per heavy atom. The number of anilines is 1. The Kier molecular flexibility index (Phi) is 5.82. The van der Waals surface area contributed by atoms with Crippen molar-refractivity contribution in [1.82, 2.24) is 0 Å². The van der Waals surface area contributed by atoms with Gasteiger partial charge in [-0.1, -0.05) is 23.7 Å². The van der Waals surface area contributed by atoms with Crippen LogP contribution in [0.4, 0.5) is 5.69 Å². The first-order valence-electron chi connectivity index (χ1n) is 6.73. The summed E-state index contributed by atoms with van der Waals surface area (Å²) in [7, 11) is 0. The first kappa shape index (κ1) is 16.6. The maximum atomic E-state index is 11.8. The van der Waals surface area contributed by atoms with E-state index in [9.17, 15) is 9.59 Å². The number of rotatable bonds is 7. The highest BCUT2D eigenvalue weighted by molar-refractivity contribution is 6.32. The van der Waals surface area contributed by atoms with Crippen molar-refractivity contribution in [1.29, 1.82) is 0 Å². The van der Waals surface area contributed by atoms with Crippen LogP contribution in [0.5, 0.6) is 11.5 Å². The Morgan fingerprint density at radius 1 is 1.00 bits per heavy atom. The number of carbonyl (C=O) groups excluding carboxylic acids is 2. The van der Waals surface area contributed by atoms with E-state index in [1.165, 1.54) is 0 Å². The van der Waals surface area contributed by atoms with Gasteiger partial charge in [0.05, 0.1) is 5.02 Å². The topological polar surface area (TPSA) is 90.7 Å². The van der Waals surface area contributed by atoms with Gasteiger partial charge in [0.2, 0.25) is 0 Å². The number of benzene rings is 2. The Balaban J connectivity index is 1.83. The number of ether oxygens (including phenoxy) is 2. The predicted octanol–water partition coefficient (Wildman–Crippen LogP) is 2.22. The minimum absolute atomic E-state index is 0.163. The molecule has 3 N–H and O–H groups in total. The summed E-state index contributed by atoms with van der Waals surface area (Å²) >= 11 is 5.93. The molecule has 0 atom stereocenters. The number of nitrogens with one attached hydrogen (secondary N) is 1. The third-order valence-electron chi connectivity index (χ3n) is 2.71. The summed E-state index contributed by atoms with van der Waals surface area (Å²) < 4.78 is 10.5. The summed E-state index contributed by atoms with van der Waals surface area (Å²) in [6.07, 6.45) is 0. The second kappa shape index (κ2) is 8.05. The van der Waals surface area contributed by atoms with Gasteiger partial charge in [0.25, 0.3) is 11.8 Å². The summed E-state index contributed by atoms with van der Waals surface area (Å²) in [5.74, 6) is 0.0449. The minimum atomic E-state index is -0.556. The fraction of sp³-hybridized carbons (Fsp3) is 0.125. The standard InChI is InChI=1S/C16H15ClN2O4/c17-13-3-1-2-4-14(13)23-10-16(21)19-11-5-7-12(8-6-11)22-9-15(18)20/h1-8H,9-10H2,(H2,18,20)(H,19,21). The zero-order valence-corrected chi connectivity index (χ0v) is 12.9. The predicted molar refractivity (Wildman–Crippen MR) is 86.7 cm³/mol. The van der Waals surface area contributed by atoms with E-state index in [0.717, 1.165) is 0 Å². The minimum Gasteiger partial charge on any atom is -0.484 e. The Labute approximate surface area is 138 Å². The smallest absolute Gasteiger partial charge is 0.262 e. The van der Waals surface area contributed by atoms with Crippen LogP contribution in [0.2, 0.25) is 5.02 Å². The van der Waals surface area contributed by atoms with Crippen LogP contribution in [0.15, 0.2) is 48.5 Å². The highest BCUT2D eigenvalue weighted by atomic mass is 35.5. The van der Waals surface area contributed by atoms with E-state index in [2.05, 4.69) is 5.32 Å². The van der Waals surface area contributed by atoms with Gasteiger partial charge in [-0.3, -0.25) is 9.59 Å². The maximum Gasteiger partial charge on any atom is 0.262 e. The third kappa shape index (κ3) is 5.52. The molecule has 0 fully saturated rings. The summed E-state index contributed by atoms with van der Waals surface area (Å²) in [6, 6.07) is 13.4. The molecule has 2 rings (SSSR count). The molecule has 0 heterocycles. The monoisotopic (exact) mass is 334 g/mol. The van der Waals surface area contributed by atoms with Crippen LogP contribution in [-0.4, -0.2) is 25.0 Å². The summed E-state index contributed by atoms with van der Waals surface area (Å²) in [5.41, 5.74) is 5.56. The number of para-hydroxylation sites is 1. The molecule has 7 heteroatoms. The molecule has 0 radical (unpaired) electrons. The molecule has 0 bridgehead atoms. The second-order valence-electron chi connectivity index (χ2n) is 4.55. The van der Waals surface area contributed by atoms with Crippen LogP contribution in [-0.2, 0) is 9.59 Å². The number of hydrogen-bond acceptors (Lipinski definition) is 4. The molecule has 0 saturated heterocycles. The van der Waals surface area contributed by atoms with Crippen molar-refractivity contribution >= 4 is 29.1 Å². The molecule has 2 aromatic rings. The summed E-state index contributed by atoms with van der Waals surface area (Å²) in [4.78, 5) is 22.4. The van der Waals surface area contributed by atoms with E-state index in [4.69, 9.17) is 26.8 Å². The normalized spacial score (nSPS) is 9.96. The SMILES string of the molecule is NC(=O)COc1ccc(NC(=O)COc2ccccc2Cl)cc1. The number of halogens is 1. The molecule has 23 heavy (non-hydrogen) atoms.